The molecular weight excluding hydrogens is 457 g/mol. The van der Waals surface area contributed by atoms with Gasteiger partial charge < -0.3 is 9.88 Å². The molecule has 2 heterocycles. The highest BCUT2D eigenvalue weighted by Gasteiger charge is 2.20. The molecule has 0 unspecified atom stereocenters. The minimum atomic E-state index is -0.330. The van der Waals surface area contributed by atoms with Crippen LogP contribution in [-0.2, 0) is 24.3 Å². The summed E-state index contributed by atoms with van der Waals surface area (Å²) in [6.07, 6.45) is 0.402. The van der Waals surface area contributed by atoms with Gasteiger partial charge in [-0.05, 0) is 30.2 Å². The molecule has 0 spiro atoms. The van der Waals surface area contributed by atoms with Crippen molar-refractivity contribution in [1.29, 1.82) is 0 Å². The fraction of sp³-hybridized carbons (Fsp3) is 0.143. The zero-order chi connectivity index (χ0) is 25.1. The highest BCUT2D eigenvalue weighted by molar-refractivity contribution is 5.76. The largest absolute Gasteiger partial charge is 0.350 e. The Hall–Kier alpha value is -4.59. The maximum atomic E-state index is 13.5. The molecule has 0 fully saturated rings. The Bertz CT molecular complexity index is 1580. The summed E-state index contributed by atoms with van der Waals surface area (Å²) in [5.74, 6) is 0.112. The van der Waals surface area contributed by atoms with E-state index in [9.17, 15) is 14.0 Å². The molecule has 0 aliphatic rings. The van der Waals surface area contributed by atoms with E-state index in [1.807, 2.05) is 67.6 Å². The molecule has 2 aromatic heterocycles. The highest BCUT2D eigenvalue weighted by Crippen LogP contribution is 2.18. The minimum absolute atomic E-state index is 0.0501. The maximum absolute atomic E-state index is 13.5. The molecule has 0 aliphatic carbocycles. The molecule has 5 rings (SSSR count). The molecule has 0 bridgehead atoms. The Morgan fingerprint density at radius 1 is 0.917 bits per heavy atom. The number of nitrogens with one attached hydrogen (secondary N) is 1. The van der Waals surface area contributed by atoms with Crippen molar-refractivity contribution < 1.29 is 9.18 Å². The summed E-state index contributed by atoms with van der Waals surface area (Å²) < 4.78 is 16.2. The molecule has 36 heavy (non-hydrogen) atoms. The van der Waals surface area contributed by atoms with Crippen LogP contribution in [0.15, 0.2) is 89.7 Å². The van der Waals surface area contributed by atoms with Crippen LogP contribution in [0.3, 0.4) is 0 Å². The van der Waals surface area contributed by atoms with E-state index < -0.39 is 0 Å². The highest BCUT2D eigenvalue weighted by atomic mass is 19.1. The monoisotopic (exact) mass is 481 g/mol. The standard InChI is InChI=1S/C28H24FN5O2/c1-19-24(16-20-8-4-2-5-9-20)27(36)34-28(31-26(32-34)22-10-6-3-7-11-22)33(19)18-25(35)30-17-21-12-14-23(29)15-13-21/h2-15H,16-18H2,1H3,(H,30,35). The summed E-state index contributed by atoms with van der Waals surface area (Å²) in [6.45, 7) is 2.03. The van der Waals surface area contributed by atoms with E-state index in [-0.39, 0.29) is 30.4 Å². The first kappa shape index (κ1) is 23.2. The van der Waals surface area contributed by atoms with E-state index in [1.165, 1.54) is 16.6 Å². The molecule has 3 aromatic carbocycles. The molecule has 0 aliphatic heterocycles. The summed E-state index contributed by atoms with van der Waals surface area (Å²) in [6, 6.07) is 25.0. The minimum Gasteiger partial charge on any atom is -0.350 e. The van der Waals surface area contributed by atoms with Crippen molar-refractivity contribution in [1.82, 2.24) is 24.5 Å². The number of nitrogens with zero attached hydrogens (tertiary/aromatic N) is 4. The lowest BCUT2D eigenvalue weighted by atomic mass is 10.0. The molecule has 0 radical (unpaired) electrons. The molecule has 0 atom stereocenters. The zero-order valence-electron chi connectivity index (χ0n) is 19.7. The second kappa shape index (κ2) is 9.95. The lowest BCUT2D eigenvalue weighted by molar-refractivity contribution is -0.121. The van der Waals surface area contributed by atoms with E-state index in [0.717, 1.165) is 16.7 Å². The van der Waals surface area contributed by atoms with Crippen molar-refractivity contribution in [2.45, 2.75) is 26.4 Å². The molecule has 1 amide bonds. The third-order valence-corrected chi connectivity index (χ3v) is 6.08. The van der Waals surface area contributed by atoms with Crippen molar-refractivity contribution in [3.63, 3.8) is 0 Å². The van der Waals surface area contributed by atoms with Crippen molar-refractivity contribution in [2.24, 2.45) is 0 Å². The first-order valence-corrected chi connectivity index (χ1v) is 11.6. The number of halogens is 1. The van der Waals surface area contributed by atoms with E-state index in [0.29, 0.717) is 29.3 Å². The van der Waals surface area contributed by atoms with E-state index in [2.05, 4.69) is 15.4 Å². The molecule has 8 heteroatoms. The van der Waals surface area contributed by atoms with Crippen LogP contribution in [0.5, 0.6) is 0 Å². The van der Waals surface area contributed by atoms with Gasteiger partial charge in [0.15, 0.2) is 5.82 Å². The number of carbonyl (C=O) groups excluding carboxylic acids is 1. The molecule has 1 N–H and O–H groups in total. The molecule has 0 saturated carbocycles. The Labute approximate surface area is 206 Å². The summed E-state index contributed by atoms with van der Waals surface area (Å²) in [5, 5.41) is 7.36. The third-order valence-electron chi connectivity index (χ3n) is 6.08. The number of hydrogen-bond acceptors (Lipinski definition) is 4. The van der Waals surface area contributed by atoms with Crippen LogP contribution in [0.4, 0.5) is 4.39 Å². The van der Waals surface area contributed by atoms with Crippen LogP contribution in [0.2, 0.25) is 0 Å². The Morgan fingerprint density at radius 3 is 2.28 bits per heavy atom. The number of fused-ring (bicyclic) bond motifs is 1. The first-order valence-electron chi connectivity index (χ1n) is 11.6. The quantitative estimate of drug-likeness (QED) is 0.382. The first-order chi connectivity index (χ1) is 17.5. The number of hydrogen-bond donors (Lipinski definition) is 1. The predicted molar refractivity (Wildman–Crippen MR) is 135 cm³/mol. The second-order valence-electron chi connectivity index (χ2n) is 8.53. The van der Waals surface area contributed by atoms with Gasteiger partial charge in [0.2, 0.25) is 11.7 Å². The van der Waals surface area contributed by atoms with E-state index in [1.54, 1.807) is 16.7 Å². The van der Waals surface area contributed by atoms with Crippen LogP contribution < -0.4 is 10.9 Å². The van der Waals surface area contributed by atoms with Gasteiger partial charge >= 0.3 is 0 Å². The lowest BCUT2D eigenvalue weighted by Crippen LogP contribution is -2.32. The average molecular weight is 482 g/mol. The van der Waals surface area contributed by atoms with Gasteiger partial charge in [0.05, 0.1) is 0 Å². The van der Waals surface area contributed by atoms with Gasteiger partial charge in [0, 0.05) is 29.8 Å². The van der Waals surface area contributed by atoms with Crippen LogP contribution in [0.1, 0.15) is 22.4 Å². The van der Waals surface area contributed by atoms with Gasteiger partial charge in [-0.1, -0.05) is 72.8 Å². The second-order valence-corrected chi connectivity index (χ2v) is 8.53. The summed E-state index contributed by atoms with van der Waals surface area (Å²) in [5.41, 5.74) is 3.47. The summed E-state index contributed by atoms with van der Waals surface area (Å²) >= 11 is 0. The smallest absolute Gasteiger partial charge is 0.279 e. The van der Waals surface area contributed by atoms with Crippen LogP contribution >= 0.6 is 0 Å². The van der Waals surface area contributed by atoms with Gasteiger partial charge in [-0.3, -0.25) is 9.59 Å². The zero-order valence-corrected chi connectivity index (χ0v) is 19.7. The van der Waals surface area contributed by atoms with Crippen molar-refractivity contribution >= 4 is 11.7 Å². The van der Waals surface area contributed by atoms with Gasteiger partial charge in [0.25, 0.3) is 5.56 Å². The van der Waals surface area contributed by atoms with E-state index >= 15 is 0 Å². The molecule has 0 saturated heterocycles. The van der Waals surface area contributed by atoms with Gasteiger partial charge in [-0.15, -0.1) is 5.10 Å². The number of carbonyl (C=O) groups is 1. The van der Waals surface area contributed by atoms with E-state index in [4.69, 9.17) is 0 Å². The molecule has 7 nitrogen and oxygen atoms in total. The molecule has 5 aromatic rings. The van der Waals surface area contributed by atoms with Crippen LogP contribution in [-0.4, -0.2) is 25.1 Å². The average Bonchev–Trinajstić information content (AvgIpc) is 3.36. The van der Waals surface area contributed by atoms with Crippen molar-refractivity contribution in [2.75, 3.05) is 0 Å². The fourth-order valence-electron chi connectivity index (χ4n) is 4.12. The van der Waals surface area contributed by atoms with Crippen LogP contribution in [0.25, 0.3) is 17.2 Å². The van der Waals surface area contributed by atoms with Crippen molar-refractivity contribution in [3.05, 3.63) is 123 Å². The van der Waals surface area contributed by atoms with Gasteiger partial charge in [-0.25, -0.2) is 4.39 Å². The fourth-order valence-corrected chi connectivity index (χ4v) is 4.12. The number of benzene rings is 3. The number of rotatable bonds is 7. The normalized spacial score (nSPS) is 11.1. The summed E-state index contributed by atoms with van der Waals surface area (Å²) in [7, 11) is 0. The third kappa shape index (κ3) is 4.79. The molecule has 180 valence electrons. The Balaban J connectivity index is 1.54. The summed E-state index contributed by atoms with van der Waals surface area (Å²) in [4.78, 5) is 31.1. The topological polar surface area (TPSA) is 81.3 Å². The van der Waals surface area contributed by atoms with Crippen molar-refractivity contribution in [3.8, 4) is 11.4 Å². The Kier molecular flexibility index (Phi) is 6.40. The van der Waals surface area contributed by atoms with Crippen LogP contribution in [0, 0.1) is 12.7 Å². The Morgan fingerprint density at radius 2 is 1.58 bits per heavy atom. The van der Waals surface area contributed by atoms with Gasteiger partial charge in [-0.2, -0.15) is 9.50 Å². The maximum Gasteiger partial charge on any atom is 0.279 e. The lowest BCUT2D eigenvalue weighted by Gasteiger charge is -2.15. The predicted octanol–water partition coefficient (Wildman–Crippen LogP) is 3.91. The number of amides is 1. The molecular formula is C28H24FN5O2. The van der Waals surface area contributed by atoms with Gasteiger partial charge in [0.1, 0.15) is 12.4 Å². The number of aromatic nitrogens is 4. The SMILES string of the molecule is Cc1c(Cc2ccccc2)c(=O)n2nc(-c3ccccc3)nc2n1CC(=O)NCc1ccc(F)cc1.